The monoisotopic (exact) mass is 243 g/mol. The van der Waals surface area contributed by atoms with Gasteiger partial charge < -0.3 is 5.32 Å². The van der Waals surface area contributed by atoms with Crippen LogP contribution in [0.2, 0.25) is 0 Å². The van der Waals surface area contributed by atoms with E-state index in [0.29, 0.717) is 5.92 Å². The van der Waals surface area contributed by atoms with Gasteiger partial charge in [-0.1, -0.05) is 6.92 Å². The summed E-state index contributed by atoms with van der Waals surface area (Å²) in [5, 5.41) is 3.21. The number of nitrogens with one attached hydrogen (secondary N) is 1. The molecule has 1 atom stereocenters. The molecule has 4 heteroatoms. The third kappa shape index (κ3) is 3.13. The van der Waals surface area contributed by atoms with Crippen LogP contribution in [0.5, 0.6) is 0 Å². The van der Waals surface area contributed by atoms with Crippen LogP contribution in [0.4, 0.5) is 0 Å². The van der Waals surface area contributed by atoms with E-state index < -0.39 is 10.8 Å². The smallest absolute Gasteiger partial charge is 0.0579 e. The maximum absolute atomic E-state index is 11.8. The fourth-order valence-electron chi connectivity index (χ4n) is 1.64. The molecule has 0 amide bonds. The average molecular weight is 243 g/mol. The van der Waals surface area contributed by atoms with Crippen LogP contribution in [0.1, 0.15) is 16.7 Å². The highest BCUT2D eigenvalue weighted by Crippen LogP contribution is 2.19. The zero-order chi connectivity index (χ0) is 10.7. The Kier molecular flexibility index (Phi) is 3.94. The minimum atomic E-state index is -0.668. The summed E-state index contributed by atoms with van der Waals surface area (Å²) in [6.45, 7) is 4.26. The Bertz CT molecular complexity index is 344. The van der Waals surface area contributed by atoms with Gasteiger partial charge in [-0.25, -0.2) is 0 Å². The van der Waals surface area contributed by atoms with Gasteiger partial charge in [-0.2, -0.15) is 0 Å². The van der Waals surface area contributed by atoms with Gasteiger partial charge in [0.15, 0.2) is 0 Å². The maximum Gasteiger partial charge on any atom is 0.0579 e. The fraction of sp³-hybridized carbons (Fsp3) is 0.636. The molecule has 1 N–H and O–H groups in total. The van der Waals surface area contributed by atoms with Gasteiger partial charge in [0.25, 0.3) is 0 Å². The Balaban J connectivity index is 1.82. The average Bonchev–Trinajstić information content (AvgIpc) is 2.59. The first-order valence-electron chi connectivity index (χ1n) is 5.41. The summed E-state index contributed by atoms with van der Waals surface area (Å²) in [6, 6.07) is 4.28. The minimum Gasteiger partial charge on any atom is -0.316 e. The van der Waals surface area contributed by atoms with E-state index in [0.717, 1.165) is 31.0 Å². The van der Waals surface area contributed by atoms with Crippen molar-refractivity contribution < 1.29 is 4.21 Å². The molecule has 0 radical (unpaired) electrons. The third-order valence-electron chi connectivity index (χ3n) is 2.66. The zero-order valence-electron chi connectivity index (χ0n) is 8.99. The van der Waals surface area contributed by atoms with Gasteiger partial charge in [-0.05, 0) is 24.5 Å². The lowest BCUT2D eigenvalue weighted by Crippen LogP contribution is -2.44. The molecule has 1 aliphatic rings. The summed E-state index contributed by atoms with van der Waals surface area (Å²) < 4.78 is 11.8. The minimum absolute atomic E-state index is 0.649. The molecule has 0 saturated carbocycles. The Hall–Kier alpha value is -0.190. The van der Waals surface area contributed by atoms with E-state index in [1.165, 1.54) is 9.75 Å². The van der Waals surface area contributed by atoms with Crippen molar-refractivity contribution in [2.75, 3.05) is 18.8 Å². The highest BCUT2D eigenvalue weighted by molar-refractivity contribution is 7.84. The lowest BCUT2D eigenvalue weighted by molar-refractivity contribution is 0.382. The summed E-state index contributed by atoms with van der Waals surface area (Å²) in [6.07, 6.45) is 1.09. The molecule has 1 fully saturated rings. The number of hydrogen-bond acceptors (Lipinski definition) is 3. The van der Waals surface area contributed by atoms with Gasteiger partial charge in [-0.3, -0.25) is 4.21 Å². The van der Waals surface area contributed by atoms with Crippen molar-refractivity contribution in [3.8, 4) is 0 Å². The SMILES string of the molecule is CCc1ccc(CS(=O)CC2CNC2)s1. The predicted molar refractivity (Wildman–Crippen MR) is 66.8 cm³/mol. The molecule has 1 aromatic rings. The van der Waals surface area contributed by atoms with Crippen molar-refractivity contribution in [2.45, 2.75) is 19.1 Å². The van der Waals surface area contributed by atoms with Gasteiger partial charge in [0.1, 0.15) is 0 Å². The molecule has 1 aromatic heterocycles. The summed E-state index contributed by atoms with van der Waals surface area (Å²) >= 11 is 1.81. The molecule has 0 bridgehead atoms. The van der Waals surface area contributed by atoms with Crippen LogP contribution in [-0.4, -0.2) is 23.1 Å². The normalized spacial score (nSPS) is 18.7. The van der Waals surface area contributed by atoms with Crippen LogP contribution in [-0.2, 0) is 23.0 Å². The third-order valence-corrected chi connectivity index (χ3v) is 5.55. The van der Waals surface area contributed by atoms with E-state index in [2.05, 4.69) is 24.4 Å². The first kappa shape index (κ1) is 11.3. The highest BCUT2D eigenvalue weighted by Gasteiger charge is 2.19. The summed E-state index contributed by atoms with van der Waals surface area (Å²) in [5.74, 6) is 2.27. The summed E-state index contributed by atoms with van der Waals surface area (Å²) in [4.78, 5) is 2.67. The lowest BCUT2D eigenvalue weighted by atomic mass is 10.1. The van der Waals surface area contributed by atoms with E-state index in [-0.39, 0.29) is 0 Å². The molecule has 2 nitrogen and oxygen atoms in total. The van der Waals surface area contributed by atoms with Crippen LogP contribution < -0.4 is 5.32 Å². The molecule has 1 saturated heterocycles. The van der Waals surface area contributed by atoms with Crippen molar-refractivity contribution in [1.29, 1.82) is 0 Å². The molecule has 0 aromatic carbocycles. The zero-order valence-corrected chi connectivity index (χ0v) is 10.6. The lowest BCUT2D eigenvalue weighted by Gasteiger charge is -2.26. The second-order valence-corrected chi connectivity index (χ2v) is 6.75. The summed E-state index contributed by atoms with van der Waals surface area (Å²) in [5.41, 5.74) is 0. The predicted octanol–water partition coefficient (Wildman–Crippen LogP) is 1.78. The van der Waals surface area contributed by atoms with Crippen LogP contribution >= 0.6 is 11.3 Å². The molecule has 84 valence electrons. The summed E-state index contributed by atoms with van der Waals surface area (Å²) in [7, 11) is -0.668. The Morgan fingerprint density at radius 2 is 2.20 bits per heavy atom. The van der Waals surface area contributed by atoms with Crippen LogP contribution in [0.15, 0.2) is 12.1 Å². The molecule has 15 heavy (non-hydrogen) atoms. The largest absolute Gasteiger partial charge is 0.316 e. The Morgan fingerprint density at radius 3 is 2.73 bits per heavy atom. The standard InChI is InChI=1S/C11H17NOS2/c1-2-10-3-4-11(14-10)8-15(13)7-9-5-12-6-9/h3-4,9,12H,2,5-8H2,1H3. The van der Waals surface area contributed by atoms with E-state index in [1.807, 2.05) is 0 Å². The fourth-order valence-corrected chi connectivity index (χ4v) is 4.31. The Morgan fingerprint density at radius 1 is 1.47 bits per heavy atom. The molecule has 0 spiro atoms. The van der Waals surface area contributed by atoms with Gasteiger partial charge >= 0.3 is 0 Å². The first-order valence-corrected chi connectivity index (χ1v) is 7.71. The number of rotatable bonds is 5. The molecular formula is C11H17NOS2. The number of thiophene rings is 1. The van der Waals surface area contributed by atoms with E-state index >= 15 is 0 Å². The maximum atomic E-state index is 11.8. The van der Waals surface area contributed by atoms with Gasteiger partial charge in [-0.15, -0.1) is 11.3 Å². The molecular weight excluding hydrogens is 226 g/mol. The van der Waals surface area contributed by atoms with Gasteiger partial charge in [0.05, 0.1) is 5.75 Å². The van der Waals surface area contributed by atoms with Gasteiger partial charge in [0.2, 0.25) is 0 Å². The topological polar surface area (TPSA) is 29.1 Å². The van der Waals surface area contributed by atoms with Crippen molar-refractivity contribution >= 4 is 22.1 Å². The van der Waals surface area contributed by atoms with Crippen molar-refractivity contribution in [2.24, 2.45) is 5.92 Å². The first-order chi connectivity index (χ1) is 7.28. The second kappa shape index (κ2) is 5.23. The van der Waals surface area contributed by atoms with Crippen LogP contribution in [0, 0.1) is 5.92 Å². The number of aryl methyl sites for hydroxylation is 1. The van der Waals surface area contributed by atoms with Crippen molar-refractivity contribution in [3.05, 3.63) is 21.9 Å². The second-order valence-electron chi connectivity index (χ2n) is 4.00. The quantitative estimate of drug-likeness (QED) is 0.854. The van der Waals surface area contributed by atoms with E-state index in [4.69, 9.17) is 0 Å². The van der Waals surface area contributed by atoms with Crippen LogP contribution in [0.25, 0.3) is 0 Å². The van der Waals surface area contributed by atoms with Crippen molar-refractivity contribution in [1.82, 2.24) is 5.32 Å². The van der Waals surface area contributed by atoms with Gasteiger partial charge in [0, 0.05) is 39.4 Å². The molecule has 2 rings (SSSR count). The number of hydrogen-bond donors (Lipinski definition) is 1. The molecule has 1 unspecified atom stereocenters. The highest BCUT2D eigenvalue weighted by atomic mass is 32.2. The van der Waals surface area contributed by atoms with E-state index in [1.54, 1.807) is 11.3 Å². The molecule has 1 aliphatic heterocycles. The molecule has 2 heterocycles. The van der Waals surface area contributed by atoms with Crippen molar-refractivity contribution in [3.63, 3.8) is 0 Å². The van der Waals surface area contributed by atoms with E-state index in [9.17, 15) is 4.21 Å². The van der Waals surface area contributed by atoms with Crippen LogP contribution in [0.3, 0.4) is 0 Å². The Labute approximate surface area is 97.5 Å². The molecule has 0 aliphatic carbocycles.